The number of hydrogen-bond donors (Lipinski definition) is 1. The molecule has 0 aliphatic heterocycles. The molecule has 0 atom stereocenters. The third-order valence-corrected chi connectivity index (χ3v) is 3.84. The Morgan fingerprint density at radius 3 is 2.33 bits per heavy atom. The van der Waals surface area contributed by atoms with Gasteiger partial charge in [-0.15, -0.1) is 11.3 Å². The standard InChI is InChI=1S/C15H15NO4S/c1-9-4-6-10(7-5-9)11-8-21-13(16-15(18)20-3)12(11)14(17)19-2/h4-8H,1-3H3,(H,16,18). The van der Waals surface area contributed by atoms with Gasteiger partial charge in [-0.2, -0.15) is 0 Å². The lowest BCUT2D eigenvalue weighted by atomic mass is 10.0. The number of hydrogen-bond acceptors (Lipinski definition) is 5. The lowest BCUT2D eigenvalue weighted by Gasteiger charge is -2.07. The van der Waals surface area contributed by atoms with E-state index in [1.807, 2.05) is 36.6 Å². The highest BCUT2D eigenvalue weighted by molar-refractivity contribution is 7.15. The van der Waals surface area contributed by atoms with Gasteiger partial charge in [0.15, 0.2) is 0 Å². The maximum Gasteiger partial charge on any atom is 0.411 e. The number of methoxy groups -OCH3 is 2. The third-order valence-electron chi connectivity index (χ3n) is 2.94. The van der Waals surface area contributed by atoms with Crippen LogP contribution in [0.15, 0.2) is 29.6 Å². The summed E-state index contributed by atoms with van der Waals surface area (Å²) in [5.41, 5.74) is 3.06. The van der Waals surface area contributed by atoms with Gasteiger partial charge in [-0.1, -0.05) is 29.8 Å². The van der Waals surface area contributed by atoms with Gasteiger partial charge in [-0.3, -0.25) is 5.32 Å². The monoisotopic (exact) mass is 305 g/mol. The molecule has 1 aromatic carbocycles. The van der Waals surface area contributed by atoms with E-state index >= 15 is 0 Å². The van der Waals surface area contributed by atoms with Crippen LogP contribution >= 0.6 is 11.3 Å². The van der Waals surface area contributed by atoms with Crippen molar-refractivity contribution < 1.29 is 19.1 Å². The van der Waals surface area contributed by atoms with Gasteiger partial charge in [-0.25, -0.2) is 9.59 Å². The van der Waals surface area contributed by atoms with Gasteiger partial charge < -0.3 is 9.47 Å². The normalized spacial score (nSPS) is 10.0. The molecule has 0 radical (unpaired) electrons. The van der Waals surface area contributed by atoms with Crippen molar-refractivity contribution in [2.45, 2.75) is 6.92 Å². The molecular weight excluding hydrogens is 290 g/mol. The van der Waals surface area contributed by atoms with Gasteiger partial charge >= 0.3 is 12.1 Å². The van der Waals surface area contributed by atoms with E-state index in [0.717, 1.165) is 16.7 Å². The van der Waals surface area contributed by atoms with Crippen LogP contribution in [0.3, 0.4) is 0 Å². The largest absolute Gasteiger partial charge is 0.465 e. The molecule has 1 heterocycles. The molecule has 0 aliphatic rings. The van der Waals surface area contributed by atoms with Crippen LogP contribution in [0.2, 0.25) is 0 Å². The Labute approximate surface area is 126 Å². The van der Waals surface area contributed by atoms with Crippen molar-refractivity contribution in [2.24, 2.45) is 0 Å². The van der Waals surface area contributed by atoms with Crippen LogP contribution in [0.5, 0.6) is 0 Å². The van der Waals surface area contributed by atoms with Crippen molar-refractivity contribution in [2.75, 3.05) is 19.5 Å². The number of esters is 1. The average Bonchev–Trinajstić information content (AvgIpc) is 2.90. The summed E-state index contributed by atoms with van der Waals surface area (Å²) < 4.78 is 9.37. The maximum absolute atomic E-state index is 12.0. The number of rotatable bonds is 3. The van der Waals surface area contributed by atoms with Gasteiger partial charge in [0, 0.05) is 10.9 Å². The third kappa shape index (κ3) is 3.22. The fourth-order valence-corrected chi connectivity index (χ4v) is 2.79. The Bertz CT molecular complexity index is 661. The zero-order chi connectivity index (χ0) is 15.4. The minimum Gasteiger partial charge on any atom is -0.465 e. The summed E-state index contributed by atoms with van der Waals surface area (Å²) in [6, 6.07) is 7.76. The first-order valence-electron chi connectivity index (χ1n) is 6.18. The molecule has 1 N–H and O–H groups in total. The first-order valence-corrected chi connectivity index (χ1v) is 7.06. The van der Waals surface area contributed by atoms with Gasteiger partial charge in [0.1, 0.15) is 10.6 Å². The van der Waals surface area contributed by atoms with E-state index in [4.69, 9.17) is 4.74 Å². The number of aryl methyl sites for hydroxylation is 1. The van der Waals surface area contributed by atoms with Crippen molar-refractivity contribution in [3.05, 3.63) is 40.8 Å². The Kier molecular flexibility index (Phi) is 4.59. The predicted octanol–water partition coefficient (Wildman–Crippen LogP) is 3.69. The highest BCUT2D eigenvalue weighted by Crippen LogP contribution is 2.36. The van der Waals surface area contributed by atoms with Crippen molar-refractivity contribution in [3.8, 4) is 11.1 Å². The summed E-state index contributed by atoms with van der Waals surface area (Å²) in [7, 11) is 2.57. The number of carbonyl (C=O) groups is 2. The quantitative estimate of drug-likeness (QED) is 0.878. The van der Waals surface area contributed by atoms with Crippen LogP contribution in [0, 0.1) is 6.92 Å². The van der Waals surface area contributed by atoms with E-state index in [2.05, 4.69) is 10.1 Å². The molecule has 2 rings (SSSR count). The van der Waals surface area contributed by atoms with Crippen LogP contribution < -0.4 is 5.32 Å². The van der Waals surface area contributed by atoms with Crippen molar-refractivity contribution in [1.82, 2.24) is 0 Å². The number of carbonyl (C=O) groups excluding carboxylic acids is 2. The summed E-state index contributed by atoms with van der Waals surface area (Å²) in [4.78, 5) is 23.4. The topological polar surface area (TPSA) is 64.6 Å². The molecule has 110 valence electrons. The van der Waals surface area contributed by atoms with Crippen molar-refractivity contribution in [3.63, 3.8) is 0 Å². The van der Waals surface area contributed by atoms with E-state index in [-0.39, 0.29) is 0 Å². The van der Waals surface area contributed by atoms with Gasteiger partial charge in [0.2, 0.25) is 0 Å². The van der Waals surface area contributed by atoms with Crippen LogP contribution in [0.1, 0.15) is 15.9 Å². The predicted molar refractivity (Wildman–Crippen MR) is 81.9 cm³/mol. The SMILES string of the molecule is COC(=O)Nc1scc(-c2ccc(C)cc2)c1C(=O)OC. The summed E-state index contributed by atoms with van der Waals surface area (Å²) in [6.07, 6.45) is -0.627. The van der Waals surface area contributed by atoms with Crippen LogP contribution in [-0.2, 0) is 9.47 Å². The summed E-state index contributed by atoms with van der Waals surface area (Å²) in [5, 5.41) is 4.75. The van der Waals surface area contributed by atoms with E-state index in [0.29, 0.717) is 10.6 Å². The molecule has 0 fully saturated rings. The molecule has 0 unspecified atom stereocenters. The van der Waals surface area contributed by atoms with E-state index in [9.17, 15) is 9.59 Å². The number of nitrogens with one attached hydrogen (secondary N) is 1. The number of anilines is 1. The molecule has 5 nitrogen and oxygen atoms in total. The van der Waals surface area contributed by atoms with Crippen LogP contribution in [-0.4, -0.2) is 26.3 Å². The molecule has 1 amide bonds. The lowest BCUT2D eigenvalue weighted by Crippen LogP contribution is -2.13. The van der Waals surface area contributed by atoms with E-state index in [1.165, 1.54) is 25.6 Å². The van der Waals surface area contributed by atoms with E-state index in [1.54, 1.807) is 0 Å². The Balaban J connectivity index is 2.48. The first kappa shape index (κ1) is 15.1. The van der Waals surface area contributed by atoms with Crippen LogP contribution in [0.25, 0.3) is 11.1 Å². The molecule has 21 heavy (non-hydrogen) atoms. The molecule has 2 aromatic rings. The Morgan fingerprint density at radius 2 is 1.76 bits per heavy atom. The maximum atomic E-state index is 12.0. The molecule has 0 spiro atoms. The number of amides is 1. The number of ether oxygens (including phenoxy) is 2. The number of thiophene rings is 1. The molecule has 0 aliphatic carbocycles. The lowest BCUT2D eigenvalue weighted by molar-refractivity contribution is 0.0603. The molecule has 6 heteroatoms. The summed E-state index contributed by atoms with van der Waals surface area (Å²) in [6.45, 7) is 1.99. The van der Waals surface area contributed by atoms with Gasteiger partial charge in [-0.05, 0) is 12.5 Å². The molecule has 1 aromatic heterocycles. The molecule has 0 bridgehead atoms. The Morgan fingerprint density at radius 1 is 1.10 bits per heavy atom. The fourth-order valence-electron chi connectivity index (χ4n) is 1.84. The van der Waals surface area contributed by atoms with Gasteiger partial charge in [0.25, 0.3) is 0 Å². The van der Waals surface area contributed by atoms with Crippen LogP contribution in [0.4, 0.5) is 9.80 Å². The zero-order valence-electron chi connectivity index (χ0n) is 11.9. The smallest absolute Gasteiger partial charge is 0.411 e. The summed E-state index contributed by atoms with van der Waals surface area (Å²) in [5.74, 6) is -0.502. The Hall–Kier alpha value is -2.34. The molecule has 0 saturated heterocycles. The average molecular weight is 305 g/mol. The molecule has 0 saturated carbocycles. The fraction of sp³-hybridized carbons (Fsp3) is 0.200. The van der Waals surface area contributed by atoms with E-state index < -0.39 is 12.1 Å². The second-order valence-electron chi connectivity index (χ2n) is 4.33. The second kappa shape index (κ2) is 6.41. The molecular formula is C15H15NO4S. The minimum absolute atomic E-state index is 0.330. The van der Waals surface area contributed by atoms with Crippen molar-refractivity contribution in [1.29, 1.82) is 0 Å². The minimum atomic E-state index is -0.627. The van der Waals surface area contributed by atoms with Gasteiger partial charge in [0.05, 0.1) is 14.2 Å². The highest BCUT2D eigenvalue weighted by Gasteiger charge is 2.22. The highest BCUT2D eigenvalue weighted by atomic mass is 32.1. The zero-order valence-corrected chi connectivity index (χ0v) is 12.7. The summed E-state index contributed by atoms with van der Waals surface area (Å²) >= 11 is 1.25. The van der Waals surface area contributed by atoms with Crippen molar-refractivity contribution >= 4 is 28.4 Å². The second-order valence-corrected chi connectivity index (χ2v) is 5.21. The number of benzene rings is 1. The first-order chi connectivity index (χ1) is 10.1.